The average Bonchev–Trinajstić information content (AvgIpc) is 3.23. The highest BCUT2D eigenvalue weighted by Crippen LogP contribution is 2.39. The summed E-state index contributed by atoms with van der Waals surface area (Å²) in [6.07, 6.45) is 8.39. The Morgan fingerprint density at radius 2 is 1.90 bits per heavy atom. The van der Waals surface area contributed by atoms with Gasteiger partial charge >= 0.3 is 11.9 Å². The summed E-state index contributed by atoms with van der Waals surface area (Å²) < 4.78 is 16.2. The second-order valence-corrected chi connectivity index (χ2v) is 7.79. The summed E-state index contributed by atoms with van der Waals surface area (Å²) >= 11 is 0. The van der Waals surface area contributed by atoms with Gasteiger partial charge in [0, 0.05) is 18.9 Å². The highest BCUT2D eigenvalue weighted by Gasteiger charge is 2.55. The molecule has 0 N–H and O–H groups in total. The Labute approximate surface area is 169 Å². The summed E-state index contributed by atoms with van der Waals surface area (Å²) in [6, 6.07) is 0. The molecule has 1 atom stereocenters. The van der Waals surface area contributed by atoms with Gasteiger partial charge in [-0.3, -0.25) is 19.2 Å². The molecule has 1 saturated carbocycles. The molecule has 0 bridgehead atoms. The first kappa shape index (κ1) is 21.0. The lowest BCUT2D eigenvalue weighted by atomic mass is 9.78. The van der Waals surface area contributed by atoms with Crippen molar-refractivity contribution in [3.05, 3.63) is 35.0 Å². The summed E-state index contributed by atoms with van der Waals surface area (Å²) in [4.78, 5) is 50.5. The molecule has 7 nitrogen and oxygen atoms in total. The van der Waals surface area contributed by atoms with Crippen LogP contribution in [-0.2, 0) is 33.4 Å². The molecular weight excluding hydrogens is 376 g/mol. The SMILES string of the molecule is CCCCC1=CC2=C(OC(C)=O)C(=O)C(C)(OC(=O)C3CCCC3)C(=O)C2=CO1. The summed E-state index contributed by atoms with van der Waals surface area (Å²) in [7, 11) is 0. The second kappa shape index (κ2) is 8.35. The van der Waals surface area contributed by atoms with Gasteiger partial charge in [-0.15, -0.1) is 0 Å². The predicted molar refractivity (Wildman–Crippen MR) is 102 cm³/mol. The number of hydrogen-bond donors (Lipinski definition) is 0. The monoisotopic (exact) mass is 402 g/mol. The van der Waals surface area contributed by atoms with Crippen molar-refractivity contribution in [1.29, 1.82) is 0 Å². The number of ether oxygens (including phenoxy) is 3. The van der Waals surface area contributed by atoms with E-state index < -0.39 is 29.1 Å². The highest BCUT2D eigenvalue weighted by atomic mass is 16.6. The molecule has 0 spiro atoms. The van der Waals surface area contributed by atoms with E-state index in [4.69, 9.17) is 14.2 Å². The van der Waals surface area contributed by atoms with Crippen LogP contribution in [-0.4, -0.2) is 29.1 Å². The molecule has 1 heterocycles. The molecule has 1 fully saturated rings. The predicted octanol–water partition coefficient (Wildman–Crippen LogP) is 3.44. The van der Waals surface area contributed by atoms with Gasteiger partial charge in [0.05, 0.1) is 11.5 Å². The van der Waals surface area contributed by atoms with Crippen molar-refractivity contribution in [3.63, 3.8) is 0 Å². The number of hydrogen-bond acceptors (Lipinski definition) is 7. The number of carbonyl (C=O) groups is 4. The van der Waals surface area contributed by atoms with Crippen LogP contribution in [0.25, 0.3) is 0 Å². The molecule has 2 aliphatic carbocycles. The lowest BCUT2D eigenvalue weighted by Crippen LogP contribution is -2.53. The first-order valence-electron chi connectivity index (χ1n) is 10.1. The van der Waals surface area contributed by atoms with Gasteiger partial charge < -0.3 is 14.2 Å². The van der Waals surface area contributed by atoms with E-state index in [1.54, 1.807) is 6.08 Å². The number of Topliss-reactive ketones (excluding diaryl/α,β-unsaturated/α-hetero) is 2. The Morgan fingerprint density at radius 1 is 1.21 bits per heavy atom. The third kappa shape index (κ3) is 4.04. The highest BCUT2D eigenvalue weighted by molar-refractivity contribution is 6.28. The third-order valence-corrected chi connectivity index (χ3v) is 5.50. The van der Waals surface area contributed by atoms with Crippen LogP contribution in [0.1, 0.15) is 65.7 Å². The largest absolute Gasteiger partial charge is 0.469 e. The van der Waals surface area contributed by atoms with E-state index in [1.165, 1.54) is 20.1 Å². The van der Waals surface area contributed by atoms with Crippen LogP contribution in [0.4, 0.5) is 0 Å². The number of ketones is 2. The van der Waals surface area contributed by atoms with Gasteiger partial charge in [-0.1, -0.05) is 26.2 Å². The quantitative estimate of drug-likeness (QED) is 0.496. The molecule has 0 aromatic rings. The van der Waals surface area contributed by atoms with E-state index in [0.29, 0.717) is 25.0 Å². The van der Waals surface area contributed by atoms with Crippen molar-refractivity contribution in [2.24, 2.45) is 5.92 Å². The molecule has 3 rings (SSSR count). The molecule has 0 amide bonds. The van der Waals surface area contributed by atoms with Crippen LogP contribution < -0.4 is 0 Å². The Morgan fingerprint density at radius 3 is 2.52 bits per heavy atom. The van der Waals surface area contributed by atoms with E-state index in [-0.39, 0.29) is 22.8 Å². The molecule has 1 aliphatic heterocycles. The molecule has 7 heteroatoms. The number of allylic oxidation sites excluding steroid dienone is 3. The minimum absolute atomic E-state index is 0.0582. The van der Waals surface area contributed by atoms with Gasteiger partial charge in [0.25, 0.3) is 0 Å². The Kier molecular flexibility index (Phi) is 6.05. The Bertz CT molecular complexity index is 839. The fourth-order valence-corrected chi connectivity index (χ4v) is 3.80. The van der Waals surface area contributed by atoms with E-state index in [0.717, 1.165) is 25.7 Å². The molecule has 29 heavy (non-hydrogen) atoms. The molecule has 3 aliphatic rings. The van der Waals surface area contributed by atoms with Crippen molar-refractivity contribution in [2.75, 3.05) is 0 Å². The van der Waals surface area contributed by atoms with Crippen molar-refractivity contribution in [1.82, 2.24) is 0 Å². The van der Waals surface area contributed by atoms with Gasteiger partial charge in [-0.25, -0.2) is 0 Å². The Balaban J connectivity index is 1.99. The number of esters is 2. The minimum atomic E-state index is -2.09. The molecule has 0 radical (unpaired) electrons. The zero-order chi connectivity index (χ0) is 21.2. The standard InChI is InChI=1S/C22H26O7/c1-4-5-10-15-11-16-17(12-27-15)19(24)22(3,20(25)18(16)28-13(2)23)29-21(26)14-8-6-7-9-14/h11-12,14H,4-10H2,1-3H3. The van der Waals surface area contributed by atoms with E-state index in [9.17, 15) is 19.2 Å². The van der Waals surface area contributed by atoms with Gasteiger partial charge in [-0.05, 0) is 32.3 Å². The lowest BCUT2D eigenvalue weighted by molar-refractivity contribution is -0.174. The van der Waals surface area contributed by atoms with Crippen LogP contribution >= 0.6 is 0 Å². The van der Waals surface area contributed by atoms with Crippen LogP contribution in [0.5, 0.6) is 0 Å². The molecular formula is C22H26O7. The van der Waals surface area contributed by atoms with Crippen LogP contribution in [0, 0.1) is 5.92 Å². The first-order valence-corrected chi connectivity index (χ1v) is 10.1. The van der Waals surface area contributed by atoms with Gasteiger partial charge in [-0.2, -0.15) is 0 Å². The van der Waals surface area contributed by atoms with Gasteiger partial charge in [0.2, 0.25) is 17.2 Å². The van der Waals surface area contributed by atoms with E-state index in [1.807, 2.05) is 6.92 Å². The summed E-state index contributed by atoms with van der Waals surface area (Å²) in [5.41, 5.74) is -1.83. The summed E-state index contributed by atoms with van der Waals surface area (Å²) in [5.74, 6) is -2.82. The third-order valence-electron chi connectivity index (χ3n) is 5.50. The maximum absolute atomic E-state index is 13.2. The zero-order valence-electron chi connectivity index (χ0n) is 17.0. The van der Waals surface area contributed by atoms with Gasteiger partial charge in [0.15, 0.2) is 5.76 Å². The molecule has 156 valence electrons. The molecule has 0 aromatic heterocycles. The number of fused-ring (bicyclic) bond motifs is 1. The lowest BCUT2D eigenvalue weighted by Gasteiger charge is -2.34. The number of carbonyl (C=O) groups excluding carboxylic acids is 4. The topological polar surface area (TPSA) is 96.0 Å². The van der Waals surface area contributed by atoms with Crippen LogP contribution in [0.3, 0.4) is 0 Å². The fourth-order valence-electron chi connectivity index (χ4n) is 3.80. The van der Waals surface area contributed by atoms with Crippen molar-refractivity contribution in [3.8, 4) is 0 Å². The number of unbranched alkanes of at least 4 members (excludes halogenated alkanes) is 1. The smallest absolute Gasteiger partial charge is 0.310 e. The summed E-state index contributed by atoms with van der Waals surface area (Å²) in [6.45, 7) is 4.46. The second-order valence-electron chi connectivity index (χ2n) is 7.79. The molecule has 0 saturated heterocycles. The first-order chi connectivity index (χ1) is 13.8. The van der Waals surface area contributed by atoms with Crippen molar-refractivity contribution >= 4 is 23.5 Å². The average molecular weight is 402 g/mol. The Hall–Kier alpha value is -2.70. The fraction of sp³-hybridized carbons (Fsp3) is 0.545. The van der Waals surface area contributed by atoms with Gasteiger partial charge in [0.1, 0.15) is 12.0 Å². The normalized spacial score (nSPS) is 24.5. The maximum atomic E-state index is 13.2. The zero-order valence-corrected chi connectivity index (χ0v) is 17.0. The van der Waals surface area contributed by atoms with Crippen LogP contribution in [0.15, 0.2) is 35.0 Å². The number of rotatable bonds is 6. The summed E-state index contributed by atoms with van der Waals surface area (Å²) in [5, 5.41) is 0. The minimum Gasteiger partial charge on any atom is -0.469 e. The molecule has 0 aromatic carbocycles. The van der Waals surface area contributed by atoms with Crippen molar-refractivity contribution < 1.29 is 33.4 Å². The van der Waals surface area contributed by atoms with E-state index >= 15 is 0 Å². The maximum Gasteiger partial charge on any atom is 0.310 e. The van der Waals surface area contributed by atoms with Crippen LogP contribution in [0.2, 0.25) is 0 Å². The van der Waals surface area contributed by atoms with Crippen molar-refractivity contribution in [2.45, 2.75) is 71.3 Å². The van der Waals surface area contributed by atoms with E-state index in [2.05, 4.69) is 0 Å². The molecule has 1 unspecified atom stereocenters.